The molecule has 2 heterocycles. The smallest absolute Gasteiger partial charge is 0.254 e. The molecular weight excluding hydrogens is 323 g/mol. The zero-order valence-corrected chi connectivity index (χ0v) is 13.8. The summed E-state index contributed by atoms with van der Waals surface area (Å²) in [6.07, 6.45) is 3.65. The van der Waals surface area contributed by atoms with Crippen LogP contribution in [0.4, 0.5) is 0 Å². The topological polar surface area (TPSA) is 50.2 Å². The van der Waals surface area contributed by atoms with Crippen LogP contribution >= 0.6 is 24.0 Å². The van der Waals surface area contributed by atoms with Gasteiger partial charge in [-0.1, -0.05) is 17.7 Å². The van der Waals surface area contributed by atoms with E-state index in [0.717, 1.165) is 12.4 Å². The molecule has 1 saturated heterocycles. The molecule has 3 rings (SSSR count). The number of nitrogens with one attached hydrogen (secondary N) is 1. The Morgan fingerprint density at radius 1 is 1.45 bits per heavy atom. The largest absolute Gasteiger partial charge is 0.336 e. The van der Waals surface area contributed by atoms with Crippen molar-refractivity contribution in [3.05, 3.63) is 53.1 Å². The Morgan fingerprint density at radius 3 is 2.95 bits per heavy atom. The predicted molar refractivity (Wildman–Crippen MR) is 88.6 cm³/mol. The molecular formula is C15H18Cl2N4O. The van der Waals surface area contributed by atoms with Gasteiger partial charge in [-0.2, -0.15) is 0 Å². The molecule has 1 amide bonds. The number of carbonyl (C=O) groups is 1. The average molecular weight is 341 g/mol. The lowest BCUT2D eigenvalue weighted by atomic mass is 10.1. The van der Waals surface area contributed by atoms with Crippen LogP contribution in [-0.2, 0) is 7.05 Å². The van der Waals surface area contributed by atoms with Gasteiger partial charge in [-0.15, -0.1) is 12.4 Å². The van der Waals surface area contributed by atoms with Gasteiger partial charge < -0.3 is 14.8 Å². The second kappa shape index (κ2) is 7.13. The van der Waals surface area contributed by atoms with Crippen molar-refractivity contribution in [2.24, 2.45) is 7.05 Å². The Kier molecular flexibility index (Phi) is 5.45. The van der Waals surface area contributed by atoms with E-state index in [4.69, 9.17) is 11.6 Å². The molecule has 0 saturated carbocycles. The monoisotopic (exact) mass is 340 g/mol. The highest BCUT2D eigenvalue weighted by Gasteiger charge is 2.30. The maximum Gasteiger partial charge on any atom is 0.254 e. The van der Waals surface area contributed by atoms with Gasteiger partial charge in [-0.3, -0.25) is 4.79 Å². The number of rotatable bonds is 2. The molecule has 1 fully saturated rings. The molecule has 2 aromatic rings. The number of hydrogen-bond donors (Lipinski definition) is 1. The van der Waals surface area contributed by atoms with Crippen LogP contribution in [-0.4, -0.2) is 40.0 Å². The molecule has 1 aromatic carbocycles. The van der Waals surface area contributed by atoms with Crippen molar-refractivity contribution in [2.45, 2.75) is 6.04 Å². The highest BCUT2D eigenvalue weighted by Crippen LogP contribution is 2.23. The van der Waals surface area contributed by atoms with Crippen LogP contribution in [0.1, 0.15) is 22.2 Å². The van der Waals surface area contributed by atoms with Gasteiger partial charge in [-0.05, 0) is 18.2 Å². The maximum absolute atomic E-state index is 12.8. The maximum atomic E-state index is 12.8. The van der Waals surface area contributed by atoms with Crippen LogP contribution in [0.2, 0.25) is 5.02 Å². The van der Waals surface area contributed by atoms with E-state index >= 15 is 0 Å². The fraction of sp³-hybridized carbons (Fsp3) is 0.333. The van der Waals surface area contributed by atoms with Crippen LogP contribution in [0.15, 0.2) is 36.7 Å². The van der Waals surface area contributed by atoms with Gasteiger partial charge in [0.2, 0.25) is 0 Å². The summed E-state index contributed by atoms with van der Waals surface area (Å²) in [6, 6.07) is 7.01. The normalized spacial score (nSPS) is 17.9. The average Bonchev–Trinajstić information content (AvgIpc) is 2.92. The van der Waals surface area contributed by atoms with Crippen LogP contribution < -0.4 is 5.32 Å². The van der Waals surface area contributed by atoms with Gasteiger partial charge in [0.25, 0.3) is 5.91 Å². The Morgan fingerprint density at radius 2 is 2.27 bits per heavy atom. The van der Waals surface area contributed by atoms with Gasteiger partial charge in [0.1, 0.15) is 11.9 Å². The summed E-state index contributed by atoms with van der Waals surface area (Å²) in [4.78, 5) is 19.0. The summed E-state index contributed by atoms with van der Waals surface area (Å²) in [6.45, 7) is 2.15. The van der Waals surface area contributed by atoms with Crippen molar-refractivity contribution in [3.8, 4) is 0 Å². The molecule has 1 atom stereocenters. The molecule has 1 unspecified atom stereocenters. The summed E-state index contributed by atoms with van der Waals surface area (Å²) in [5, 5.41) is 3.90. The predicted octanol–water partition coefficient (Wildman–Crippen LogP) is 2.28. The van der Waals surface area contributed by atoms with Crippen molar-refractivity contribution in [2.75, 3.05) is 19.6 Å². The molecule has 118 valence electrons. The molecule has 7 heteroatoms. The van der Waals surface area contributed by atoms with E-state index in [2.05, 4.69) is 10.3 Å². The number of amides is 1. The van der Waals surface area contributed by atoms with Crippen molar-refractivity contribution in [1.82, 2.24) is 19.8 Å². The zero-order valence-electron chi connectivity index (χ0n) is 12.2. The highest BCUT2D eigenvalue weighted by atomic mass is 35.5. The number of hydrogen-bond acceptors (Lipinski definition) is 3. The molecule has 1 aliphatic rings. The molecule has 5 nitrogen and oxygen atoms in total. The number of halogens is 2. The minimum atomic E-state index is -0.0646. The molecule has 1 aromatic heterocycles. The second-order valence-corrected chi connectivity index (χ2v) is 5.56. The van der Waals surface area contributed by atoms with Gasteiger partial charge in [0.05, 0.1) is 0 Å². The first kappa shape index (κ1) is 16.8. The molecule has 1 aliphatic heterocycles. The minimum Gasteiger partial charge on any atom is -0.336 e. The number of aryl methyl sites for hydroxylation is 1. The second-order valence-electron chi connectivity index (χ2n) is 5.13. The third kappa shape index (κ3) is 3.27. The number of nitrogens with zero attached hydrogens (tertiary/aromatic N) is 3. The van der Waals surface area contributed by atoms with E-state index in [9.17, 15) is 4.79 Å². The van der Waals surface area contributed by atoms with Crippen molar-refractivity contribution >= 4 is 29.9 Å². The quantitative estimate of drug-likeness (QED) is 0.912. The molecule has 0 bridgehead atoms. The summed E-state index contributed by atoms with van der Waals surface area (Å²) >= 11 is 5.99. The van der Waals surface area contributed by atoms with Gasteiger partial charge in [-0.25, -0.2) is 4.98 Å². The Hall–Kier alpha value is -1.56. The lowest BCUT2D eigenvalue weighted by Gasteiger charge is -2.35. The summed E-state index contributed by atoms with van der Waals surface area (Å²) in [5.41, 5.74) is 0.614. The summed E-state index contributed by atoms with van der Waals surface area (Å²) in [5.74, 6) is 0.879. The third-order valence-corrected chi connectivity index (χ3v) is 3.97. The standard InChI is InChI=1S/C15H17ClN4O.ClH/c1-19-7-6-18-14(19)13-10-17-5-8-20(13)15(21)11-3-2-4-12(16)9-11;/h2-4,6-7,9,13,17H,5,8,10H2,1H3;1H. The highest BCUT2D eigenvalue weighted by molar-refractivity contribution is 6.30. The summed E-state index contributed by atoms with van der Waals surface area (Å²) in [7, 11) is 1.94. The van der Waals surface area contributed by atoms with Crippen molar-refractivity contribution in [1.29, 1.82) is 0 Å². The zero-order chi connectivity index (χ0) is 14.8. The van der Waals surface area contributed by atoms with E-state index in [1.165, 1.54) is 0 Å². The lowest BCUT2D eigenvalue weighted by Crippen LogP contribution is -2.49. The van der Waals surface area contributed by atoms with Gasteiger partial charge >= 0.3 is 0 Å². The molecule has 1 N–H and O–H groups in total. The minimum absolute atomic E-state index is 0. The van der Waals surface area contributed by atoms with Gasteiger partial charge in [0.15, 0.2) is 0 Å². The van der Waals surface area contributed by atoms with E-state index in [1.807, 2.05) is 22.7 Å². The van der Waals surface area contributed by atoms with E-state index in [-0.39, 0.29) is 24.4 Å². The van der Waals surface area contributed by atoms with Crippen molar-refractivity contribution in [3.63, 3.8) is 0 Å². The third-order valence-electron chi connectivity index (χ3n) is 3.73. The van der Waals surface area contributed by atoms with E-state index in [1.54, 1.807) is 30.5 Å². The number of aromatic nitrogens is 2. The Bertz CT molecular complexity index is 658. The van der Waals surface area contributed by atoms with E-state index in [0.29, 0.717) is 23.7 Å². The van der Waals surface area contributed by atoms with Crippen LogP contribution in [0.3, 0.4) is 0 Å². The first-order chi connectivity index (χ1) is 10.2. The molecule has 0 radical (unpaired) electrons. The van der Waals surface area contributed by atoms with E-state index < -0.39 is 0 Å². The Balaban J connectivity index is 0.00000176. The number of piperazine rings is 1. The number of carbonyl (C=O) groups excluding carboxylic acids is 1. The number of benzene rings is 1. The first-order valence-corrected chi connectivity index (χ1v) is 7.29. The molecule has 22 heavy (non-hydrogen) atoms. The van der Waals surface area contributed by atoms with Crippen LogP contribution in [0.25, 0.3) is 0 Å². The molecule has 0 spiro atoms. The van der Waals surface area contributed by atoms with Crippen LogP contribution in [0, 0.1) is 0 Å². The lowest BCUT2D eigenvalue weighted by molar-refractivity contribution is 0.0621. The van der Waals surface area contributed by atoms with Crippen molar-refractivity contribution < 1.29 is 4.79 Å². The molecule has 0 aliphatic carbocycles. The SMILES string of the molecule is Cl.Cn1ccnc1C1CNCCN1C(=O)c1cccc(Cl)c1. The van der Waals surface area contributed by atoms with Gasteiger partial charge in [0, 0.05) is 49.7 Å². The fourth-order valence-corrected chi connectivity index (χ4v) is 2.85. The summed E-state index contributed by atoms with van der Waals surface area (Å²) < 4.78 is 1.95. The fourth-order valence-electron chi connectivity index (χ4n) is 2.66. The number of imidazole rings is 1. The first-order valence-electron chi connectivity index (χ1n) is 6.91. The van der Waals surface area contributed by atoms with Crippen LogP contribution in [0.5, 0.6) is 0 Å². The Labute approximate surface area is 140 Å².